The number of rotatable bonds is 2. The van der Waals surface area contributed by atoms with E-state index in [1.165, 1.54) is 0 Å². The molecule has 2 heteroatoms. The average Bonchev–Trinajstić information content (AvgIpc) is 2.06. The second kappa shape index (κ2) is 10.9. The topological polar surface area (TPSA) is 14.1 Å². The molecular weight excluding hydrogens is 165 g/mol. The van der Waals surface area contributed by atoms with Gasteiger partial charge in [0.1, 0.15) is 0 Å². The Labute approximate surface area is 100 Å². The van der Waals surface area contributed by atoms with E-state index in [1.807, 2.05) is 36.4 Å². The van der Waals surface area contributed by atoms with Gasteiger partial charge in [0.05, 0.1) is 0 Å². The maximum Gasteiger partial charge on any atom is 1.00 e. The summed E-state index contributed by atoms with van der Waals surface area (Å²) < 4.78 is 0. The molecule has 0 saturated carbocycles. The van der Waals surface area contributed by atoms with Crippen molar-refractivity contribution >= 4 is 0 Å². The van der Waals surface area contributed by atoms with E-state index >= 15 is 0 Å². The molecule has 0 aliphatic carbocycles. The standard InChI is InChI=1S/C6H14N.C6H6.Li/c1-5(2)7-6(3)4;1-2-4-6-5-3-1;/h5-6H,1-4H3;1-6H;/q-1;;+1. The Morgan fingerprint density at radius 2 is 0.857 bits per heavy atom. The van der Waals surface area contributed by atoms with Crippen molar-refractivity contribution in [1.82, 2.24) is 0 Å². The van der Waals surface area contributed by atoms with Gasteiger partial charge in [-0.15, -0.1) is 12.1 Å². The quantitative estimate of drug-likeness (QED) is 0.607. The molecule has 0 atom stereocenters. The number of hydrogen-bond acceptors (Lipinski definition) is 0. The first-order valence-electron chi connectivity index (χ1n) is 4.83. The monoisotopic (exact) mass is 185 g/mol. The Balaban J connectivity index is 0. The van der Waals surface area contributed by atoms with Crippen molar-refractivity contribution in [2.45, 2.75) is 39.8 Å². The average molecular weight is 185 g/mol. The van der Waals surface area contributed by atoms with Crippen molar-refractivity contribution in [2.24, 2.45) is 0 Å². The summed E-state index contributed by atoms with van der Waals surface area (Å²) in [5.74, 6) is 0. The van der Waals surface area contributed by atoms with Crippen LogP contribution in [-0.2, 0) is 0 Å². The molecule has 1 rings (SSSR count). The van der Waals surface area contributed by atoms with Gasteiger partial charge >= 0.3 is 18.9 Å². The fraction of sp³-hybridized carbons (Fsp3) is 0.500. The predicted octanol–water partition coefficient (Wildman–Crippen LogP) is 0.867. The van der Waals surface area contributed by atoms with Gasteiger partial charge in [-0.2, -0.15) is 0 Å². The Kier molecular flexibility index (Phi) is 12.6. The van der Waals surface area contributed by atoms with E-state index < -0.39 is 0 Å². The van der Waals surface area contributed by atoms with Crippen LogP contribution in [0.2, 0.25) is 0 Å². The molecule has 0 bridgehead atoms. The molecule has 74 valence electrons. The fourth-order valence-corrected chi connectivity index (χ4v) is 0.981. The summed E-state index contributed by atoms with van der Waals surface area (Å²) in [6.45, 7) is 8.39. The molecule has 0 aliphatic heterocycles. The van der Waals surface area contributed by atoms with E-state index in [-0.39, 0.29) is 18.9 Å². The molecule has 0 saturated heterocycles. The molecule has 0 spiro atoms. The summed E-state index contributed by atoms with van der Waals surface area (Å²) in [7, 11) is 0. The first-order valence-corrected chi connectivity index (χ1v) is 4.83. The van der Waals surface area contributed by atoms with Gasteiger partial charge < -0.3 is 5.32 Å². The third-order valence-electron chi connectivity index (χ3n) is 1.26. The molecule has 1 nitrogen and oxygen atoms in total. The van der Waals surface area contributed by atoms with Crippen molar-refractivity contribution in [3.05, 3.63) is 41.7 Å². The Hall–Kier alpha value is -0.223. The molecule has 1 aromatic carbocycles. The van der Waals surface area contributed by atoms with E-state index in [0.717, 1.165) is 0 Å². The third-order valence-corrected chi connectivity index (χ3v) is 1.26. The molecular formula is C12H20LiN. The normalized spacial score (nSPS) is 9.00. The second-order valence-electron chi connectivity index (χ2n) is 3.49. The molecule has 0 heterocycles. The molecule has 1 aromatic rings. The summed E-state index contributed by atoms with van der Waals surface area (Å²) in [5.41, 5.74) is 0. The van der Waals surface area contributed by atoms with E-state index in [1.54, 1.807) is 0 Å². The summed E-state index contributed by atoms with van der Waals surface area (Å²) in [4.78, 5) is 0. The summed E-state index contributed by atoms with van der Waals surface area (Å²) in [6, 6.07) is 13.0. The SMILES string of the molecule is CC(C)[N-]C(C)C.[Li+].c1ccccc1. The molecule has 0 N–H and O–H groups in total. The molecule has 0 aromatic heterocycles. The van der Waals surface area contributed by atoms with Gasteiger partial charge in [-0.1, -0.05) is 64.1 Å². The van der Waals surface area contributed by atoms with Crippen LogP contribution in [0.4, 0.5) is 0 Å². The summed E-state index contributed by atoms with van der Waals surface area (Å²) >= 11 is 0. The summed E-state index contributed by atoms with van der Waals surface area (Å²) in [5, 5.41) is 4.28. The van der Waals surface area contributed by atoms with E-state index in [4.69, 9.17) is 0 Å². The van der Waals surface area contributed by atoms with Crippen molar-refractivity contribution in [1.29, 1.82) is 0 Å². The van der Waals surface area contributed by atoms with Crippen LogP contribution in [0.3, 0.4) is 0 Å². The molecule has 0 radical (unpaired) electrons. The van der Waals surface area contributed by atoms with Gasteiger partial charge in [0.25, 0.3) is 0 Å². The van der Waals surface area contributed by atoms with Crippen LogP contribution in [0, 0.1) is 0 Å². The molecule has 0 fully saturated rings. The maximum absolute atomic E-state index is 4.28. The minimum atomic E-state index is 0. The zero-order chi connectivity index (χ0) is 10.1. The van der Waals surface area contributed by atoms with Gasteiger partial charge in [-0.25, -0.2) is 0 Å². The predicted molar refractivity (Wildman–Crippen MR) is 60.1 cm³/mol. The van der Waals surface area contributed by atoms with Crippen molar-refractivity contribution in [3.63, 3.8) is 0 Å². The van der Waals surface area contributed by atoms with E-state index in [0.29, 0.717) is 12.1 Å². The van der Waals surface area contributed by atoms with Crippen molar-refractivity contribution in [3.8, 4) is 0 Å². The van der Waals surface area contributed by atoms with Crippen LogP contribution < -0.4 is 18.9 Å². The second-order valence-corrected chi connectivity index (χ2v) is 3.49. The van der Waals surface area contributed by atoms with Crippen LogP contribution in [0.1, 0.15) is 27.7 Å². The van der Waals surface area contributed by atoms with Gasteiger partial charge in [0, 0.05) is 0 Å². The Morgan fingerprint density at radius 3 is 0.929 bits per heavy atom. The Morgan fingerprint density at radius 1 is 0.643 bits per heavy atom. The fourth-order valence-electron chi connectivity index (χ4n) is 0.981. The van der Waals surface area contributed by atoms with E-state index in [2.05, 4.69) is 33.0 Å². The minimum absolute atomic E-state index is 0. The maximum atomic E-state index is 4.28. The number of benzene rings is 1. The third kappa shape index (κ3) is 14.3. The van der Waals surface area contributed by atoms with Crippen molar-refractivity contribution in [2.75, 3.05) is 0 Å². The zero-order valence-corrected chi connectivity index (χ0v) is 10.1. The molecule has 0 amide bonds. The zero-order valence-electron chi connectivity index (χ0n) is 10.1. The van der Waals surface area contributed by atoms with Gasteiger partial charge in [0.2, 0.25) is 0 Å². The molecule has 0 unspecified atom stereocenters. The molecule has 0 aliphatic rings. The minimum Gasteiger partial charge on any atom is -0.658 e. The van der Waals surface area contributed by atoms with Crippen molar-refractivity contribution < 1.29 is 18.9 Å². The van der Waals surface area contributed by atoms with Crippen LogP contribution in [0.5, 0.6) is 0 Å². The van der Waals surface area contributed by atoms with E-state index in [9.17, 15) is 0 Å². The van der Waals surface area contributed by atoms with Gasteiger partial charge in [0.15, 0.2) is 0 Å². The number of hydrogen-bond donors (Lipinski definition) is 0. The van der Waals surface area contributed by atoms with Crippen LogP contribution in [0.25, 0.3) is 5.32 Å². The first-order chi connectivity index (χ1) is 6.13. The largest absolute Gasteiger partial charge is 1.00 e. The van der Waals surface area contributed by atoms with Crippen LogP contribution >= 0.6 is 0 Å². The van der Waals surface area contributed by atoms with Crippen LogP contribution in [0.15, 0.2) is 36.4 Å². The van der Waals surface area contributed by atoms with Gasteiger partial charge in [-0.05, 0) is 0 Å². The van der Waals surface area contributed by atoms with Gasteiger partial charge in [-0.3, -0.25) is 0 Å². The first kappa shape index (κ1) is 16.2. The Bertz CT molecular complexity index is 152. The smallest absolute Gasteiger partial charge is 0.658 e. The van der Waals surface area contributed by atoms with Crippen LogP contribution in [-0.4, -0.2) is 12.1 Å². The number of nitrogens with zero attached hydrogens (tertiary/aromatic N) is 1. The summed E-state index contributed by atoms with van der Waals surface area (Å²) in [6.07, 6.45) is 0. The molecule has 14 heavy (non-hydrogen) atoms.